The Morgan fingerprint density at radius 3 is 2.00 bits per heavy atom. The van der Waals surface area contributed by atoms with Crippen molar-refractivity contribution < 1.29 is 18.3 Å². The van der Waals surface area contributed by atoms with Crippen molar-refractivity contribution >= 4 is 11.6 Å². The summed E-state index contributed by atoms with van der Waals surface area (Å²) in [6, 6.07) is 12.2. The van der Waals surface area contributed by atoms with Crippen molar-refractivity contribution in [3.8, 4) is 11.4 Å². The highest BCUT2D eigenvalue weighted by molar-refractivity contribution is 5.95. The number of carbonyl (C=O) groups is 1. The first-order chi connectivity index (χ1) is 14.0. The third-order valence-electron chi connectivity index (χ3n) is 4.95. The largest absolute Gasteiger partial charge is 0.493 e. The molecule has 6 nitrogen and oxygen atoms in total. The summed E-state index contributed by atoms with van der Waals surface area (Å²) in [6.45, 7) is 2.31. The molecule has 1 aromatic heterocycles. The number of nitrogens with zero attached hydrogens (tertiary/aromatic N) is 4. The summed E-state index contributed by atoms with van der Waals surface area (Å²) < 4.78 is 33.1. The van der Waals surface area contributed by atoms with Gasteiger partial charge in [0.25, 0.3) is 5.91 Å². The van der Waals surface area contributed by atoms with E-state index in [2.05, 4.69) is 10.00 Å². The quantitative estimate of drug-likeness (QED) is 0.678. The van der Waals surface area contributed by atoms with Crippen LogP contribution in [-0.4, -0.2) is 53.9 Å². The SMILES string of the molecule is COc1cn(-c2ccc(F)cc2)nc1C(=O)N1CCN(c2ccc(F)cc2)CC1. The fourth-order valence-corrected chi connectivity index (χ4v) is 3.35. The van der Waals surface area contributed by atoms with Gasteiger partial charge in [-0.3, -0.25) is 4.79 Å². The number of anilines is 1. The van der Waals surface area contributed by atoms with Crippen molar-refractivity contribution in [3.05, 3.63) is 72.1 Å². The van der Waals surface area contributed by atoms with Crippen LogP contribution in [0.3, 0.4) is 0 Å². The van der Waals surface area contributed by atoms with Crippen LogP contribution < -0.4 is 9.64 Å². The second kappa shape index (κ2) is 7.90. The molecule has 0 bridgehead atoms. The van der Waals surface area contributed by atoms with Crippen molar-refractivity contribution in [1.82, 2.24) is 14.7 Å². The van der Waals surface area contributed by atoms with Gasteiger partial charge in [-0.15, -0.1) is 0 Å². The van der Waals surface area contributed by atoms with E-state index in [0.29, 0.717) is 37.6 Å². The summed E-state index contributed by atoms with van der Waals surface area (Å²) in [4.78, 5) is 16.8. The zero-order chi connectivity index (χ0) is 20.4. The molecule has 3 aromatic rings. The molecule has 1 amide bonds. The van der Waals surface area contributed by atoms with Gasteiger partial charge in [-0.1, -0.05) is 0 Å². The zero-order valence-electron chi connectivity index (χ0n) is 15.9. The lowest BCUT2D eigenvalue weighted by atomic mass is 10.2. The zero-order valence-corrected chi connectivity index (χ0v) is 15.9. The Labute approximate surface area is 166 Å². The number of benzene rings is 2. The Hall–Kier alpha value is -3.42. The molecule has 2 aromatic carbocycles. The number of methoxy groups -OCH3 is 1. The number of aromatic nitrogens is 2. The van der Waals surface area contributed by atoms with E-state index < -0.39 is 0 Å². The molecule has 150 valence electrons. The summed E-state index contributed by atoms with van der Waals surface area (Å²) in [5.74, 6) is -0.476. The van der Waals surface area contributed by atoms with Crippen LogP contribution in [0, 0.1) is 11.6 Å². The molecule has 1 aliphatic rings. The number of halogens is 2. The molecular weight excluding hydrogens is 378 g/mol. The van der Waals surface area contributed by atoms with Gasteiger partial charge in [-0.05, 0) is 48.5 Å². The van der Waals surface area contributed by atoms with Crippen LogP contribution in [0.15, 0.2) is 54.7 Å². The maximum Gasteiger partial charge on any atom is 0.278 e. The molecule has 1 fully saturated rings. The summed E-state index contributed by atoms with van der Waals surface area (Å²) in [5.41, 5.74) is 1.77. The maximum atomic E-state index is 13.2. The minimum Gasteiger partial charge on any atom is -0.493 e. The monoisotopic (exact) mass is 398 g/mol. The fraction of sp³-hybridized carbons (Fsp3) is 0.238. The number of piperazine rings is 1. The molecule has 8 heteroatoms. The van der Waals surface area contributed by atoms with E-state index in [1.165, 1.54) is 36.1 Å². The third kappa shape index (κ3) is 3.91. The van der Waals surface area contributed by atoms with Crippen LogP contribution in [0.1, 0.15) is 10.5 Å². The molecule has 29 heavy (non-hydrogen) atoms. The standard InChI is InChI=1S/C21H20F2N4O2/c1-29-19-14-27(18-8-4-16(23)5-9-18)24-20(19)21(28)26-12-10-25(11-13-26)17-6-2-15(22)3-7-17/h2-9,14H,10-13H2,1H3. The van der Waals surface area contributed by atoms with Crippen molar-refractivity contribution in [3.63, 3.8) is 0 Å². The van der Waals surface area contributed by atoms with E-state index in [4.69, 9.17) is 4.74 Å². The van der Waals surface area contributed by atoms with Crippen LogP contribution in [0.5, 0.6) is 5.75 Å². The van der Waals surface area contributed by atoms with Crippen LogP contribution in [0.2, 0.25) is 0 Å². The van der Waals surface area contributed by atoms with Gasteiger partial charge in [0, 0.05) is 31.9 Å². The van der Waals surface area contributed by atoms with E-state index >= 15 is 0 Å². The summed E-state index contributed by atoms with van der Waals surface area (Å²) in [6.07, 6.45) is 1.61. The van der Waals surface area contributed by atoms with Gasteiger partial charge >= 0.3 is 0 Å². The molecule has 0 N–H and O–H groups in total. The van der Waals surface area contributed by atoms with Gasteiger partial charge in [0.2, 0.25) is 0 Å². The van der Waals surface area contributed by atoms with Gasteiger partial charge < -0.3 is 14.5 Å². The van der Waals surface area contributed by atoms with E-state index in [0.717, 1.165) is 5.69 Å². The highest BCUT2D eigenvalue weighted by atomic mass is 19.1. The average molecular weight is 398 g/mol. The lowest BCUT2D eigenvalue weighted by molar-refractivity contribution is 0.0737. The first kappa shape index (κ1) is 18.9. The van der Waals surface area contributed by atoms with E-state index in [9.17, 15) is 13.6 Å². The first-order valence-electron chi connectivity index (χ1n) is 9.24. The second-order valence-electron chi connectivity index (χ2n) is 6.72. The van der Waals surface area contributed by atoms with Crippen molar-refractivity contribution in [1.29, 1.82) is 0 Å². The van der Waals surface area contributed by atoms with Crippen molar-refractivity contribution in [2.24, 2.45) is 0 Å². The Kier molecular flexibility index (Phi) is 5.16. The minimum absolute atomic E-state index is 0.215. The van der Waals surface area contributed by atoms with Crippen LogP contribution in [0.25, 0.3) is 5.69 Å². The molecule has 0 atom stereocenters. The van der Waals surface area contributed by atoms with Crippen LogP contribution >= 0.6 is 0 Å². The summed E-state index contributed by atoms with van der Waals surface area (Å²) >= 11 is 0. The summed E-state index contributed by atoms with van der Waals surface area (Å²) in [7, 11) is 1.48. The highest BCUT2D eigenvalue weighted by Gasteiger charge is 2.27. The maximum absolute atomic E-state index is 13.2. The van der Waals surface area contributed by atoms with E-state index in [1.54, 1.807) is 35.4 Å². The topological polar surface area (TPSA) is 50.6 Å². The van der Waals surface area contributed by atoms with Crippen LogP contribution in [0.4, 0.5) is 14.5 Å². The fourth-order valence-electron chi connectivity index (χ4n) is 3.35. The Bertz CT molecular complexity index is 995. The highest BCUT2D eigenvalue weighted by Crippen LogP contribution is 2.23. The van der Waals surface area contributed by atoms with Gasteiger partial charge in [0.1, 0.15) is 11.6 Å². The number of ether oxygens (including phenoxy) is 1. The third-order valence-corrected chi connectivity index (χ3v) is 4.95. The minimum atomic E-state index is -0.344. The Morgan fingerprint density at radius 1 is 0.897 bits per heavy atom. The van der Waals surface area contributed by atoms with Crippen LogP contribution in [-0.2, 0) is 0 Å². The first-order valence-corrected chi connectivity index (χ1v) is 9.24. The Morgan fingerprint density at radius 2 is 1.45 bits per heavy atom. The lowest BCUT2D eigenvalue weighted by Gasteiger charge is -2.35. The van der Waals surface area contributed by atoms with Gasteiger partial charge in [0.05, 0.1) is 19.0 Å². The molecule has 2 heterocycles. The molecule has 0 aliphatic carbocycles. The summed E-state index contributed by atoms with van der Waals surface area (Å²) in [5, 5.41) is 4.37. The predicted molar refractivity (Wildman–Crippen MR) is 105 cm³/mol. The van der Waals surface area contributed by atoms with Crippen molar-refractivity contribution in [2.75, 3.05) is 38.2 Å². The normalized spacial score (nSPS) is 14.2. The van der Waals surface area contributed by atoms with Gasteiger partial charge in [-0.2, -0.15) is 5.10 Å². The molecule has 4 rings (SSSR count). The molecule has 1 aliphatic heterocycles. The number of hydrogen-bond donors (Lipinski definition) is 0. The molecule has 0 spiro atoms. The average Bonchev–Trinajstić information content (AvgIpc) is 3.19. The van der Waals surface area contributed by atoms with Crippen molar-refractivity contribution in [2.45, 2.75) is 0 Å². The van der Waals surface area contributed by atoms with E-state index in [1.807, 2.05) is 0 Å². The number of rotatable bonds is 4. The molecule has 1 saturated heterocycles. The van der Waals surface area contributed by atoms with Gasteiger partial charge in [-0.25, -0.2) is 13.5 Å². The molecule has 0 saturated carbocycles. The lowest BCUT2D eigenvalue weighted by Crippen LogP contribution is -2.49. The predicted octanol–water partition coefficient (Wildman–Crippen LogP) is 3.12. The smallest absolute Gasteiger partial charge is 0.278 e. The second-order valence-corrected chi connectivity index (χ2v) is 6.72. The number of hydrogen-bond acceptors (Lipinski definition) is 4. The number of carbonyl (C=O) groups excluding carboxylic acids is 1. The van der Waals surface area contributed by atoms with E-state index in [-0.39, 0.29) is 23.2 Å². The Balaban J connectivity index is 1.48. The molecule has 0 radical (unpaired) electrons. The number of amides is 1. The molecule has 0 unspecified atom stereocenters. The molecular formula is C21H20F2N4O2. The van der Waals surface area contributed by atoms with Gasteiger partial charge in [0.15, 0.2) is 11.4 Å².